The third-order valence-corrected chi connectivity index (χ3v) is 4.35. The number of carbonyl (C=O) groups is 1. The van der Waals surface area contributed by atoms with Crippen molar-refractivity contribution in [1.29, 1.82) is 0 Å². The van der Waals surface area contributed by atoms with E-state index in [4.69, 9.17) is 0 Å². The molecule has 128 valence electrons. The van der Waals surface area contributed by atoms with E-state index in [1.807, 2.05) is 30.3 Å². The first kappa shape index (κ1) is 16.2. The summed E-state index contributed by atoms with van der Waals surface area (Å²) in [7, 11) is 0. The molecule has 0 fully saturated rings. The summed E-state index contributed by atoms with van der Waals surface area (Å²) < 4.78 is 3.50. The van der Waals surface area contributed by atoms with E-state index >= 15 is 0 Å². The normalized spacial score (nSPS) is 10.8. The molecule has 0 radical (unpaired) electrons. The second-order valence-corrected chi connectivity index (χ2v) is 6.41. The zero-order valence-corrected chi connectivity index (χ0v) is 14.9. The number of hydrogen-bond donors (Lipinski definition) is 1. The Labute approximate surface area is 156 Å². The molecular weight excluding hydrogens is 398 g/mol. The van der Waals surface area contributed by atoms with Crippen molar-refractivity contribution in [2.45, 2.75) is 0 Å². The summed E-state index contributed by atoms with van der Waals surface area (Å²) in [6, 6.07) is 16.2. The Morgan fingerprint density at radius 3 is 2.50 bits per heavy atom. The minimum Gasteiger partial charge on any atom is -0.267 e. The molecule has 2 heterocycles. The summed E-state index contributed by atoms with van der Waals surface area (Å²) in [6.07, 6.45) is 2.72. The molecule has 2 aromatic heterocycles. The maximum absolute atomic E-state index is 12.6. The first-order chi connectivity index (χ1) is 12.6. The summed E-state index contributed by atoms with van der Waals surface area (Å²) in [4.78, 5) is 29.2. The average molecular weight is 410 g/mol. The number of hydrogen-bond acceptors (Lipinski definition) is 4. The largest absolute Gasteiger partial charge is 0.283 e. The molecule has 2 aromatic carbocycles. The maximum atomic E-state index is 12.6. The number of nitrogens with zero attached hydrogens (tertiary/aromatic N) is 4. The van der Waals surface area contributed by atoms with Crippen LogP contribution in [0.15, 0.2) is 76.4 Å². The van der Waals surface area contributed by atoms with Gasteiger partial charge in [0.1, 0.15) is 11.7 Å². The molecule has 0 saturated carbocycles. The molecule has 26 heavy (non-hydrogen) atoms. The van der Waals surface area contributed by atoms with E-state index < -0.39 is 11.5 Å². The van der Waals surface area contributed by atoms with E-state index in [0.29, 0.717) is 16.6 Å². The number of para-hydroxylation sites is 1. The van der Waals surface area contributed by atoms with Gasteiger partial charge in [-0.3, -0.25) is 15.0 Å². The Bertz CT molecular complexity index is 1150. The minimum absolute atomic E-state index is 0.312. The van der Waals surface area contributed by atoms with Crippen molar-refractivity contribution < 1.29 is 4.79 Å². The van der Waals surface area contributed by atoms with Gasteiger partial charge >= 0.3 is 0 Å². The summed E-state index contributed by atoms with van der Waals surface area (Å²) >= 11 is 3.32. The predicted octanol–water partition coefficient (Wildman–Crippen LogP) is 2.73. The van der Waals surface area contributed by atoms with Crippen LogP contribution in [0.3, 0.4) is 0 Å². The first-order valence-electron chi connectivity index (χ1n) is 7.71. The van der Waals surface area contributed by atoms with Gasteiger partial charge in [-0.2, -0.15) is 5.10 Å². The van der Waals surface area contributed by atoms with Crippen molar-refractivity contribution in [3.8, 4) is 5.69 Å². The minimum atomic E-state index is -0.406. The average Bonchev–Trinajstić information content (AvgIpc) is 3.10. The lowest BCUT2D eigenvalue weighted by atomic mass is 10.2. The number of benzene rings is 2. The Hall–Kier alpha value is -3.26. The van der Waals surface area contributed by atoms with Crippen molar-refractivity contribution in [3.05, 3.63) is 87.5 Å². The van der Waals surface area contributed by atoms with Gasteiger partial charge in [0.15, 0.2) is 5.65 Å². The molecule has 0 saturated heterocycles. The Balaban J connectivity index is 1.70. The number of halogens is 1. The van der Waals surface area contributed by atoms with Crippen LogP contribution in [-0.2, 0) is 0 Å². The molecule has 0 spiro atoms. The second-order valence-electron chi connectivity index (χ2n) is 5.50. The highest BCUT2D eigenvalue weighted by Crippen LogP contribution is 2.13. The van der Waals surface area contributed by atoms with E-state index in [9.17, 15) is 9.59 Å². The number of rotatable bonds is 3. The highest BCUT2D eigenvalue weighted by atomic mass is 79.9. The van der Waals surface area contributed by atoms with Crippen LogP contribution in [-0.4, -0.2) is 25.3 Å². The van der Waals surface area contributed by atoms with Crippen LogP contribution >= 0.6 is 15.9 Å². The lowest BCUT2D eigenvalue weighted by Gasteiger charge is -2.08. The SMILES string of the molecule is O=C(Nn1cnc2c(cnn2-c2ccccc2)c1=O)c1ccc(Br)cc1. The smallest absolute Gasteiger partial charge is 0.267 e. The van der Waals surface area contributed by atoms with Gasteiger partial charge in [-0.05, 0) is 36.4 Å². The summed E-state index contributed by atoms with van der Waals surface area (Å²) in [5, 5.41) is 4.55. The number of amides is 1. The number of nitrogens with one attached hydrogen (secondary N) is 1. The van der Waals surface area contributed by atoms with E-state index in [0.717, 1.165) is 14.8 Å². The topological polar surface area (TPSA) is 81.8 Å². The van der Waals surface area contributed by atoms with Gasteiger partial charge in [0.2, 0.25) is 0 Å². The molecule has 0 aliphatic rings. The van der Waals surface area contributed by atoms with Gasteiger partial charge < -0.3 is 0 Å². The second kappa shape index (κ2) is 6.57. The van der Waals surface area contributed by atoms with Gasteiger partial charge in [-0.25, -0.2) is 14.3 Å². The van der Waals surface area contributed by atoms with Crippen molar-refractivity contribution in [2.75, 3.05) is 5.43 Å². The molecule has 1 N–H and O–H groups in total. The molecular formula is C18H12BrN5O2. The molecule has 8 heteroatoms. The highest BCUT2D eigenvalue weighted by molar-refractivity contribution is 9.10. The molecule has 7 nitrogen and oxygen atoms in total. The monoisotopic (exact) mass is 409 g/mol. The van der Waals surface area contributed by atoms with Crippen molar-refractivity contribution in [2.24, 2.45) is 0 Å². The van der Waals surface area contributed by atoms with Crippen LogP contribution in [0.5, 0.6) is 0 Å². The summed E-state index contributed by atoms with van der Waals surface area (Å²) in [5.74, 6) is -0.406. The maximum Gasteiger partial charge on any atom is 0.283 e. The molecule has 0 aliphatic carbocycles. The lowest BCUT2D eigenvalue weighted by molar-refractivity contribution is 0.101. The molecule has 0 bridgehead atoms. The van der Waals surface area contributed by atoms with Crippen LogP contribution in [0.25, 0.3) is 16.7 Å². The molecule has 4 rings (SSSR count). The van der Waals surface area contributed by atoms with E-state index in [-0.39, 0.29) is 0 Å². The first-order valence-corrected chi connectivity index (χ1v) is 8.50. The molecule has 0 unspecified atom stereocenters. The number of carbonyl (C=O) groups excluding carboxylic acids is 1. The lowest BCUT2D eigenvalue weighted by Crippen LogP contribution is -2.33. The Kier molecular flexibility index (Phi) is 4.10. The molecule has 4 aromatic rings. The molecule has 1 amide bonds. The summed E-state index contributed by atoms with van der Waals surface area (Å²) in [6.45, 7) is 0. The quantitative estimate of drug-likeness (QED) is 0.563. The van der Waals surface area contributed by atoms with E-state index in [2.05, 4.69) is 31.4 Å². The van der Waals surface area contributed by atoms with Crippen LogP contribution in [0.1, 0.15) is 10.4 Å². The highest BCUT2D eigenvalue weighted by Gasteiger charge is 2.13. The van der Waals surface area contributed by atoms with Crippen LogP contribution < -0.4 is 11.0 Å². The fraction of sp³-hybridized carbons (Fsp3) is 0. The third-order valence-electron chi connectivity index (χ3n) is 3.82. The fourth-order valence-corrected chi connectivity index (χ4v) is 2.79. The predicted molar refractivity (Wildman–Crippen MR) is 101 cm³/mol. The zero-order chi connectivity index (χ0) is 18.1. The molecule has 0 atom stereocenters. The standard InChI is InChI=1S/C18H12BrN5O2/c19-13-8-6-12(7-9-13)17(25)22-23-11-20-16-15(18(23)26)10-21-24(16)14-4-2-1-3-5-14/h1-11H,(H,22,25). The molecule has 0 aliphatic heterocycles. The van der Waals surface area contributed by atoms with Crippen LogP contribution in [0, 0.1) is 0 Å². The third kappa shape index (κ3) is 2.91. The van der Waals surface area contributed by atoms with Gasteiger partial charge in [-0.1, -0.05) is 34.1 Å². The van der Waals surface area contributed by atoms with Crippen molar-refractivity contribution in [3.63, 3.8) is 0 Å². The van der Waals surface area contributed by atoms with Gasteiger partial charge in [-0.15, -0.1) is 0 Å². The Morgan fingerprint density at radius 2 is 1.77 bits per heavy atom. The van der Waals surface area contributed by atoms with Crippen molar-refractivity contribution in [1.82, 2.24) is 19.4 Å². The number of aromatic nitrogens is 4. The van der Waals surface area contributed by atoms with Gasteiger partial charge in [0.05, 0.1) is 11.9 Å². The zero-order valence-electron chi connectivity index (χ0n) is 13.3. The summed E-state index contributed by atoms with van der Waals surface area (Å²) in [5.41, 5.74) is 3.79. The van der Waals surface area contributed by atoms with Crippen LogP contribution in [0.2, 0.25) is 0 Å². The van der Waals surface area contributed by atoms with E-state index in [1.54, 1.807) is 28.9 Å². The number of fused-ring (bicyclic) bond motifs is 1. The Morgan fingerprint density at radius 1 is 1.04 bits per heavy atom. The van der Waals surface area contributed by atoms with Crippen molar-refractivity contribution >= 4 is 32.9 Å². The fourth-order valence-electron chi connectivity index (χ4n) is 2.52. The van der Waals surface area contributed by atoms with Crippen LogP contribution in [0.4, 0.5) is 0 Å². The van der Waals surface area contributed by atoms with E-state index in [1.165, 1.54) is 12.5 Å². The van der Waals surface area contributed by atoms with Gasteiger partial charge in [0.25, 0.3) is 11.5 Å². The van der Waals surface area contributed by atoms with Gasteiger partial charge in [0, 0.05) is 10.0 Å².